The SMILES string of the molecule is CC(NN1CCOCC1)=C(C#N)C(=O)NCc1ccccc1. The number of hydrogen-bond acceptors (Lipinski definition) is 5. The Bertz CT molecular complexity index is 572. The summed E-state index contributed by atoms with van der Waals surface area (Å²) in [5.41, 5.74) is 4.74. The Morgan fingerprint density at radius 1 is 1.32 bits per heavy atom. The lowest BCUT2D eigenvalue weighted by Gasteiger charge is -2.28. The van der Waals surface area contributed by atoms with E-state index >= 15 is 0 Å². The summed E-state index contributed by atoms with van der Waals surface area (Å²) in [6.07, 6.45) is 0. The Balaban J connectivity index is 1.94. The molecule has 2 N–H and O–H groups in total. The number of hydrazine groups is 1. The van der Waals surface area contributed by atoms with Gasteiger partial charge in [-0.05, 0) is 12.5 Å². The third-order valence-electron chi connectivity index (χ3n) is 3.35. The summed E-state index contributed by atoms with van der Waals surface area (Å²) in [6, 6.07) is 11.6. The van der Waals surface area contributed by atoms with Crippen LogP contribution in [0.4, 0.5) is 0 Å². The number of nitrogens with one attached hydrogen (secondary N) is 2. The van der Waals surface area contributed by atoms with Gasteiger partial charge in [0.15, 0.2) is 0 Å². The third kappa shape index (κ3) is 4.58. The molecule has 0 unspecified atom stereocenters. The second-order valence-corrected chi connectivity index (χ2v) is 4.99. The first-order valence-corrected chi connectivity index (χ1v) is 7.23. The minimum atomic E-state index is -0.371. The van der Waals surface area contributed by atoms with Crippen LogP contribution in [0.15, 0.2) is 41.6 Å². The zero-order valence-electron chi connectivity index (χ0n) is 12.6. The monoisotopic (exact) mass is 300 g/mol. The van der Waals surface area contributed by atoms with Crippen LogP contribution >= 0.6 is 0 Å². The predicted molar refractivity (Wildman–Crippen MR) is 82.1 cm³/mol. The molecule has 1 heterocycles. The lowest BCUT2D eigenvalue weighted by Crippen LogP contribution is -2.45. The molecule has 2 rings (SSSR count). The first-order valence-electron chi connectivity index (χ1n) is 7.23. The van der Waals surface area contributed by atoms with E-state index in [4.69, 9.17) is 4.74 Å². The van der Waals surface area contributed by atoms with Gasteiger partial charge in [-0.15, -0.1) is 0 Å². The largest absolute Gasteiger partial charge is 0.379 e. The molecule has 0 bridgehead atoms. The highest BCUT2D eigenvalue weighted by Crippen LogP contribution is 2.04. The Hall–Kier alpha value is -2.36. The van der Waals surface area contributed by atoms with Gasteiger partial charge in [-0.1, -0.05) is 30.3 Å². The molecule has 1 saturated heterocycles. The molecule has 0 radical (unpaired) electrons. The van der Waals surface area contributed by atoms with Crippen LogP contribution in [0.25, 0.3) is 0 Å². The molecule has 6 heteroatoms. The third-order valence-corrected chi connectivity index (χ3v) is 3.35. The van der Waals surface area contributed by atoms with Crippen molar-refractivity contribution in [3.8, 4) is 6.07 Å². The summed E-state index contributed by atoms with van der Waals surface area (Å²) in [4.78, 5) is 12.2. The quantitative estimate of drug-likeness (QED) is 0.625. The summed E-state index contributed by atoms with van der Waals surface area (Å²) in [5, 5.41) is 14.0. The topological polar surface area (TPSA) is 77.4 Å². The number of carbonyl (C=O) groups excluding carboxylic acids is 1. The van der Waals surface area contributed by atoms with Crippen LogP contribution < -0.4 is 10.7 Å². The highest BCUT2D eigenvalue weighted by Gasteiger charge is 2.16. The number of hydrogen-bond donors (Lipinski definition) is 2. The van der Waals surface area contributed by atoms with E-state index < -0.39 is 0 Å². The van der Waals surface area contributed by atoms with E-state index in [-0.39, 0.29) is 11.5 Å². The van der Waals surface area contributed by atoms with Crippen molar-refractivity contribution >= 4 is 5.91 Å². The molecule has 6 nitrogen and oxygen atoms in total. The van der Waals surface area contributed by atoms with Crippen molar-refractivity contribution in [3.05, 3.63) is 47.2 Å². The number of rotatable bonds is 5. The number of morpholine rings is 1. The number of benzene rings is 1. The fourth-order valence-electron chi connectivity index (χ4n) is 2.14. The Labute approximate surface area is 130 Å². The van der Waals surface area contributed by atoms with Crippen molar-refractivity contribution in [1.82, 2.24) is 15.8 Å². The minimum absolute atomic E-state index is 0.0995. The maximum absolute atomic E-state index is 12.2. The first kappa shape index (κ1) is 16.0. The minimum Gasteiger partial charge on any atom is -0.379 e. The van der Waals surface area contributed by atoms with E-state index in [2.05, 4.69) is 10.7 Å². The van der Waals surface area contributed by atoms with Gasteiger partial charge >= 0.3 is 0 Å². The predicted octanol–water partition coefficient (Wildman–Crippen LogP) is 0.937. The Morgan fingerprint density at radius 2 is 2.00 bits per heavy atom. The van der Waals surface area contributed by atoms with Crippen LogP contribution in [0.1, 0.15) is 12.5 Å². The molecule has 1 aliphatic rings. The van der Waals surface area contributed by atoms with Crippen LogP contribution in [0.3, 0.4) is 0 Å². The van der Waals surface area contributed by atoms with E-state index in [9.17, 15) is 10.1 Å². The molecule has 0 saturated carbocycles. The van der Waals surface area contributed by atoms with Crippen molar-refractivity contribution in [2.45, 2.75) is 13.5 Å². The number of allylic oxidation sites excluding steroid dienone is 1. The molecule has 1 fully saturated rings. The fraction of sp³-hybridized carbons (Fsp3) is 0.375. The van der Waals surface area contributed by atoms with Crippen molar-refractivity contribution in [1.29, 1.82) is 5.26 Å². The Morgan fingerprint density at radius 3 is 2.64 bits per heavy atom. The van der Waals surface area contributed by atoms with Gasteiger partial charge in [0.2, 0.25) is 0 Å². The van der Waals surface area contributed by atoms with E-state index in [1.807, 2.05) is 41.4 Å². The van der Waals surface area contributed by atoms with Crippen LogP contribution in [0.2, 0.25) is 0 Å². The van der Waals surface area contributed by atoms with Gasteiger partial charge in [-0.2, -0.15) is 5.26 Å². The van der Waals surface area contributed by atoms with Crippen LogP contribution in [0.5, 0.6) is 0 Å². The summed E-state index contributed by atoms with van der Waals surface area (Å²) >= 11 is 0. The molecule has 0 aromatic heterocycles. The molecule has 1 aliphatic heterocycles. The molecular weight excluding hydrogens is 280 g/mol. The second kappa shape index (κ2) is 8.17. The molecule has 1 aromatic carbocycles. The molecule has 22 heavy (non-hydrogen) atoms. The van der Waals surface area contributed by atoms with Gasteiger partial charge < -0.3 is 15.5 Å². The molecular formula is C16H20N4O2. The van der Waals surface area contributed by atoms with Crippen LogP contribution in [0, 0.1) is 11.3 Å². The average molecular weight is 300 g/mol. The van der Waals surface area contributed by atoms with E-state index in [1.54, 1.807) is 6.92 Å². The fourth-order valence-corrected chi connectivity index (χ4v) is 2.14. The molecule has 116 valence electrons. The average Bonchev–Trinajstić information content (AvgIpc) is 2.55. The summed E-state index contributed by atoms with van der Waals surface area (Å²) in [5.74, 6) is -0.371. The van der Waals surface area contributed by atoms with Crippen LogP contribution in [-0.2, 0) is 16.1 Å². The maximum Gasteiger partial charge on any atom is 0.264 e. The maximum atomic E-state index is 12.2. The van der Waals surface area contributed by atoms with Crippen molar-refractivity contribution in [2.75, 3.05) is 26.3 Å². The number of ether oxygens (including phenoxy) is 1. The molecule has 0 aliphatic carbocycles. The highest BCUT2D eigenvalue weighted by molar-refractivity contribution is 5.97. The zero-order chi connectivity index (χ0) is 15.8. The summed E-state index contributed by atoms with van der Waals surface area (Å²) in [6.45, 7) is 4.86. The van der Waals surface area contributed by atoms with Gasteiger partial charge in [0.25, 0.3) is 5.91 Å². The van der Waals surface area contributed by atoms with E-state index in [1.165, 1.54) is 0 Å². The van der Waals surface area contributed by atoms with Gasteiger partial charge in [-0.3, -0.25) is 4.79 Å². The van der Waals surface area contributed by atoms with Crippen LogP contribution in [-0.4, -0.2) is 37.2 Å². The van der Waals surface area contributed by atoms with Crippen molar-refractivity contribution in [3.63, 3.8) is 0 Å². The number of nitriles is 1. The summed E-state index contributed by atoms with van der Waals surface area (Å²) in [7, 11) is 0. The molecule has 0 spiro atoms. The van der Waals surface area contributed by atoms with Crippen molar-refractivity contribution in [2.24, 2.45) is 0 Å². The zero-order valence-corrected chi connectivity index (χ0v) is 12.6. The lowest BCUT2D eigenvalue weighted by atomic mass is 10.2. The first-order chi connectivity index (χ1) is 10.7. The van der Waals surface area contributed by atoms with Crippen molar-refractivity contribution < 1.29 is 9.53 Å². The van der Waals surface area contributed by atoms with Gasteiger partial charge in [0.1, 0.15) is 11.6 Å². The number of amides is 1. The highest BCUT2D eigenvalue weighted by atomic mass is 16.5. The van der Waals surface area contributed by atoms with E-state index in [0.717, 1.165) is 18.7 Å². The second-order valence-electron chi connectivity index (χ2n) is 4.99. The standard InChI is InChI=1S/C16H20N4O2/c1-13(19-20-7-9-22-10-8-20)15(11-17)16(21)18-12-14-5-3-2-4-6-14/h2-6,19H,7-10,12H2,1H3,(H,18,21). The normalized spacial score (nSPS) is 16.4. The molecule has 1 amide bonds. The van der Waals surface area contributed by atoms with Gasteiger partial charge in [-0.25, -0.2) is 5.01 Å². The number of carbonyl (C=O) groups is 1. The molecule has 0 atom stereocenters. The smallest absolute Gasteiger partial charge is 0.264 e. The number of nitrogens with zero attached hydrogens (tertiary/aromatic N) is 2. The van der Waals surface area contributed by atoms with Gasteiger partial charge in [0, 0.05) is 25.3 Å². The van der Waals surface area contributed by atoms with E-state index in [0.29, 0.717) is 25.5 Å². The van der Waals surface area contributed by atoms with Gasteiger partial charge in [0.05, 0.1) is 13.2 Å². The lowest BCUT2D eigenvalue weighted by molar-refractivity contribution is -0.117. The summed E-state index contributed by atoms with van der Waals surface area (Å²) < 4.78 is 5.26. The Kier molecular flexibility index (Phi) is 5.95. The molecule has 1 aromatic rings.